The summed E-state index contributed by atoms with van der Waals surface area (Å²) >= 11 is 15.7. The molecule has 1 unspecified atom stereocenters. The van der Waals surface area contributed by atoms with Crippen LogP contribution in [0.1, 0.15) is 17.2 Å². The summed E-state index contributed by atoms with van der Waals surface area (Å²) in [4.78, 5) is 0. The van der Waals surface area contributed by atoms with E-state index in [1.807, 2.05) is 42.5 Å². The Kier molecular flexibility index (Phi) is 4.68. The molecule has 4 heteroatoms. The van der Waals surface area contributed by atoms with Gasteiger partial charge in [-0.05, 0) is 41.8 Å². The molecule has 0 bridgehead atoms. The molecular weight excluding hydrogens is 333 g/mol. The lowest BCUT2D eigenvalue weighted by molar-refractivity contribution is 0.722. The molecular formula is C14H12BrCl2N. The van der Waals surface area contributed by atoms with Crippen LogP contribution in [0, 0.1) is 0 Å². The average molecular weight is 345 g/mol. The van der Waals surface area contributed by atoms with Gasteiger partial charge >= 0.3 is 0 Å². The minimum atomic E-state index is -0.125. The van der Waals surface area contributed by atoms with Gasteiger partial charge in [0.2, 0.25) is 0 Å². The molecule has 2 aromatic carbocycles. The Morgan fingerprint density at radius 2 is 1.67 bits per heavy atom. The second kappa shape index (κ2) is 6.07. The van der Waals surface area contributed by atoms with E-state index in [4.69, 9.17) is 28.9 Å². The second-order valence-electron chi connectivity index (χ2n) is 4.07. The lowest BCUT2D eigenvalue weighted by atomic mass is 10.00. The van der Waals surface area contributed by atoms with Crippen LogP contribution in [0.15, 0.2) is 46.9 Å². The molecule has 0 aliphatic rings. The van der Waals surface area contributed by atoms with Crippen molar-refractivity contribution in [1.29, 1.82) is 0 Å². The highest BCUT2D eigenvalue weighted by Crippen LogP contribution is 2.29. The SMILES string of the molecule is NC(Cc1c(Cl)cccc1Cl)c1cccc(Br)c1. The number of nitrogens with two attached hydrogens (primary N) is 1. The van der Waals surface area contributed by atoms with Gasteiger partial charge in [-0.25, -0.2) is 0 Å². The van der Waals surface area contributed by atoms with Gasteiger partial charge in [-0.3, -0.25) is 0 Å². The molecule has 0 saturated carbocycles. The van der Waals surface area contributed by atoms with Gasteiger partial charge in [-0.1, -0.05) is 57.3 Å². The van der Waals surface area contributed by atoms with Crippen LogP contribution in [0.5, 0.6) is 0 Å². The van der Waals surface area contributed by atoms with Gasteiger partial charge in [0.1, 0.15) is 0 Å². The van der Waals surface area contributed by atoms with Gasteiger partial charge in [0, 0.05) is 20.6 Å². The predicted octanol–water partition coefficient (Wildman–Crippen LogP) is 5.00. The molecule has 0 spiro atoms. The van der Waals surface area contributed by atoms with Crippen molar-refractivity contribution in [3.63, 3.8) is 0 Å². The van der Waals surface area contributed by atoms with Gasteiger partial charge in [-0.15, -0.1) is 0 Å². The van der Waals surface area contributed by atoms with Crippen molar-refractivity contribution in [2.75, 3.05) is 0 Å². The van der Waals surface area contributed by atoms with E-state index < -0.39 is 0 Å². The smallest absolute Gasteiger partial charge is 0.0453 e. The minimum Gasteiger partial charge on any atom is -0.324 e. The van der Waals surface area contributed by atoms with E-state index in [0.717, 1.165) is 15.6 Å². The number of halogens is 3. The molecule has 0 aliphatic carbocycles. The highest BCUT2D eigenvalue weighted by atomic mass is 79.9. The normalized spacial score (nSPS) is 12.4. The van der Waals surface area contributed by atoms with E-state index in [9.17, 15) is 0 Å². The molecule has 0 aromatic heterocycles. The first-order chi connectivity index (χ1) is 8.58. The fourth-order valence-electron chi connectivity index (χ4n) is 1.80. The summed E-state index contributed by atoms with van der Waals surface area (Å²) in [5.41, 5.74) is 8.15. The topological polar surface area (TPSA) is 26.0 Å². The molecule has 2 N–H and O–H groups in total. The van der Waals surface area contributed by atoms with Crippen molar-refractivity contribution in [2.45, 2.75) is 12.5 Å². The zero-order valence-electron chi connectivity index (χ0n) is 9.54. The number of rotatable bonds is 3. The largest absolute Gasteiger partial charge is 0.324 e. The third-order valence-corrected chi connectivity index (χ3v) is 3.96. The Balaban J connectivity index is 2.24. The van der Waals surface area contributed by atoms with Crippen LogP contribution < -0.4 is 5.73 Å². The van der Waals surface area contributed by atoms with E-state index in [1.54, 1.807) is 0 Å². The molecule has 2 aromatic rings. The summed E-state index contributed by atoms with van der Waals surface area (Å²) in [6.07, 6.45) is 0.620. The highest BCUT2D eigenvalue weighted by molar-refractivity contribution is 9.10. The molecule has 0 amide bonds. The quantitative estimate of drug-likeness (QED) is 0.833. The Labute approximate surface area is 125 Å². The van der Waals surface area contributed by atoms with Crippen molar-refractivity contribution in [3.05, 3.63) is 68.1 Å². The zero-order chi connectivity index (χ0) is 13.1. The molecule has 18 heavy (non-hydrogen) atoms. The van der Waals surface area contributed by atoms with Gasteiger partial charge in [-0.2, -0.15) is 0 Å². The summed E-state index contributed by atoms with van der Waals surface area (Å²) in [6.45, 7) is 0. The van der Waals surface area contributed by atoms with Gasteiger partial charge < -0.3 is 5.73 Å². The number of hydrogen-bond acceptors (Lipinski definition) is 1. The Morgan fingerprint density at radius 3 is 2.28 bits per heavy atom. The summed E-state index contributed by atoms with van der Waals surface area (Å²) in [7, 11) is 0. The molecule has 0 saturated heterocycles. The standard InChI is InChI=1S/C14H12BrCl2N/c15-10-4-1-3-9(7-10)14(18)8-11-12(16)5-2-6-13(11)17/h1-7,14H,8,18H2. The van der Waals surface area contributed by atoms with Crippen LogP contribution >= 0.6 is 39.1 Å². The molecule has 0 aliphatic heterocycles. The number of hydrogen-bond donors (Lipinski definition) is 1. The van der Waals surface area contributed by atoms with Crippen molar-refractivity contribution >= 4 is 39.1 Å². The van der Waals surface area contributed by atoms with E-state index in [-0.39, 0.29) is 6.04 Å². The van der Waals surface area contributed by atoms with Crippen molar-refractivity contribution in [1.82, 2.24) is 0 Å². The van der Waals surface area contributed by atoms with Crippen LogP contribution in [0.3, 0.4) is 0 Å². The first kappa shape index (κ1) is 13.9. The van der Waals surface area contributed by atoms with Gasteiger partial charge in [0.05, 0.1) is 0 Å². The average Bonchev–Trinajstić information content (AvgIpc) is 2.34. The van der Waals surface area contributed by atoms with Crippen LogP contribution in [0.4, 0.5) is 0 Å². The van der Waals surface area contributed by atoms with Crippen LogP contribution in [-0.4, -0.2) is 0 Å². The minimum absolute atomic E-state index is 0.125. The van der Waals surface area contributed by atoms with E-state index >= 15 is 0 Å². The van der Waals surface area contributed by atoms with Crippen molar-refractivity contribution < 1.29 is 0 Å². The fourth-order valence-corrected chi connectivity index (χ4v) is 2.77. The van der Waals surface area contributed by atoms with E-state index in [1.165, 1.54) is 0 Å². The monoisotopic (exact) mass is 343 g/mol. The molecule has 1 nitrogen and oxygen atoms in total. The molecule has 1 atom stereocenters. The Hall–Kier alpha value is -0.540. The Bertz CT molecular complexity index is 537. The van der Waals surface area contributed by atoms with Crippen LogP contribution in [-0.2, 0) is 6.42 Å². The Morgan fingerprint density at radius 1 is 1.06 bits per heavy atom. The zero-order valence-corrected chi connectivity index (χ0v) is 12.6. The fraction of sp³-hybridized carbons (Fsp3) is 0.143. The van der Waals surface area contributed by atoms with Crippen LogP contribution in [0.2, 0.25) is 10.0 Å². The van der Waals surface area contributed by atoms with E-state index in [0.29, 0.717) is 16.5 Å². The molecule has 0 heterocycles. The molecule has 94 valence electrons. The highest BCUT2D eigenvalue weighted by Gasteiger charge is 2.12. The van der Waals surface area contributed by atoms with Crippen LogP contribution in [0.25, 0.3) is 0 Å². The number of benzene rings is 2. The summed E-state index contributed by atoms with van der Waals surface area (Å²) < 4.78 is 1.01. The maximum atomic E-state index is 6.20. The summed E-state index contributed by atoms with van der Waals surface area (Å²) in [5.74, 6) is 0. The molecule has 0 fully saturated rings. The van der Waals surface area contributed by atoms with E-state index in [2.05, 4.69) is 15.9 Å². The maximum absolute atomic E-state index is 6.20. The summed E-state index contributed by atoms with van der Waals surface area (Å²) in [5, 5.41) is 1.32. The first-order valence-electron chi connectivity index (χ1n) is 5.52. The predicted molar refractivity (Wildman–Crippen MR) is 81.2 cm³/mol. The molecule has 0 radical (unpaired) electrons. The lowest BCUT2D eigenvalue weighted by Crippen LogP contribution is -2.13. The first-order valence-corrected chi connectivity index (χ1v) is 7.07. The lowest BCUT2D eigenvalue weighted by Gasteiger charge is -2.14. The third kappa shape index (κ3) is 3.27. The van der Waals surface area contributed by atoms with Gasteiger partial charge in [0.15, 0.2) is 0 Å². The van der Waals surface area contributed by atoms with Crippen molar-refractivity contribution in [3.8, 4) is 0 Å². The van der Waals surface area contributed by atoms with Gasteiger partial charge in [0.25, 0.3) is 0 Å². The second-order valence-corrected chi connectivity index (χ2v) is 5.80. The van der Waals surface area contributed by atoms with Crippen molar-refractivity contribution in [2.24, 2.45) is 5.73 Å². The molecule has 2 rings (SSSR count). The third-order valence-electron chi connectivity index (χ3n) is 2.76. The summed E-state index contributed by atoms with van der Waals surface area (Å²) in [6, 6.07) is 13.3. The maximum Gasteiger partial charge on any atom is 0.0453 e.